The molecule has 3 aromatic rings. The van der Waals surface area contributed by atoms with Crippen molar-refractivity contribution in [2.45, 2.75) is 76.7 Å². The maximum Gasteiger partial charge on any atom is 0.307 e. The summed E-state index contributed by atoms with van der Waals surface area (Å²) >= 11 is 6.24. The first-order chi connectivity index (χ1) is 23.6. The number of carboxylic acid groups (broad SMARTS) is 1. The van der Waals surface area contributed by atoms with Gasteiger partial charge in [0.2, 0.25) is 0 Å². The number of hydrogen-bond acceptors (Lipinski definition) is 6. The molecule has 3 aromatic carbocycles. The Bertz CT molecular complexity index is 1640. The second-order valence-corrected chi connectivity index (χ2v) is 20.7. The summed E-state index contributed by atoms with van der Waals surface area (Å²) in [6.07, 6.45) is 0.953. The number of carbonyl (C=O) groups excluding carboxylic acids is 1. The van der Waals surface area contributed by atoms with E-state index in [1.807, 2.05) is 60.4 Å². The Morgan fingerprint density at radius 1 is 1.00 bits per heavy atom. The molecule has 0 saturated carbocycles. The number of aliphatic carboxylic acids is 1. The van der Waals surface area contributed by atoms with Gasteiger partial charge in [-0.1, -0.05) is 69.6 Å². The molecular formula is C40H54ClN3O5Si. The number of carbonyl (C=O) groups is 2. The number of hydrogen-bond donors (Lipinski definition) is 1. The lowest BCUT2D eigenvalue weighted by Crippen LogP contribution is -2.66. The second kappa shape index (κ2) is 15.2. The minimum Gasteiger partial charge on any atom is -0.497 e. The number of nitrogens with zero attached hydrogens (tertiary/aromatic N) is 3. The molecule has 0 aliphatic carbocycles. The van der Waals surface area contributed by atoms with Gasteiger partial charge in [-0.05, 0) is 91.0 Å². The quantitative estimate of drug-likeness (QED) is 0.149. The molecule has 50 heavy (non-hydrogen) atoms. The van der Waals surface area contributed by atoms with E-state index in [1.165, 1.54) is 0 Å². The first kappa shape index (κ1) is 38.0. The largest absolute Gasteiger partial charge is 0.497 e. The van der Waals surface area contributed by atoms with Crippen LogP contribution >= 0.6 is 11.6 Å². The molecule has 0 radical (unpaired) electrons. The van der Waals surface area contributed by atoms with Crippen LogP contribution in [0.2, 0.25) is 23.2 Å². The molecule has 2 heterocycles. The number of halogens is 1. The molecule has 5 rings (SSSR count). The molecule has 1 fully saturated rings. The minimum absolute atomic E-state index is 0.175. The molecule has 0 aromatic heterocycles. The highest BCUT2D eigenvalue weighted by molar-refractivity contribution is 6.74. The highest BCUT2D eigenvalue weighted by Crippen LogP contribution is 2.56. The van der Waals surface area contributed by atoms with Crippen molar-refractivity contribution >= 4 is 37.5 Å². The normalized spacial score (nSPS) is 21.5. The highest BCUT2D eigenvalue weighted by Gasteiger charge is 2.59. The number of fused-ring (bicyclic) bond motifs is 1. The molecule has 1 N–H and O–H groups in total. The van der Waals surface area contributed by atoms with Gasteiger partial charge in [0.25, 0.3) is 5.91 Å². The van der Waals surface area contributed by atoms with Crippen LogP contribution in [0.1, 0.15) is 74.4 Å². The van der Waals surface area contributed by atoms with Crippen molar-refractivity contribution in [2.75, 3.05) is 51.3 Å². The van der Waals surface area contributed by atoms with Gasteiger partial charge < -0.3 is 19.2 Å². The van der Waals surface area contributed by atoms with E-state index in [4.69, 9.17) is 20.8 Å². The van der Waals surface area contributed by atoms with Crippen molar-refractivity contribution in [2.24, 2.45) is 5.92 Å². The van der Waals surface area contributed by atoms with Crippen LogP contribution in [0.5, 0.6) is 5.75 Å². The predicted octanol–water partition coefficient (Wildman–Crippen LogP) is 8.34. The van der Waals surface area contributed by atoms with Crippen molar-refractivity contribution in [3.63, 3.8) is 0 Å². The van der Waals surface area contributed by atoms with Crippen LogP contribution in [0.15, 0.2) is 72.8 Å². The highest BCUT2D eigenvalue weighted by atomic mass is 35.5. The fraction of sp³-hybridized carbons (Fsp3) is 0.500. The average molecular weight is 720 g/mol. The molecule has 8 nitrogen and oxygen atoms in total. The van der Waals surface area contributed by atoms with Crippen molar-refractivity contribution in [1.29, 1.82) is 0 Å². The zero-order valence-electron chi connectivity index (χ0n) is 30.9. The molecular weight excluding hydrogens is 666 g/mol. The number of methoxy groups -OCH3 is 1. The molecule has 2 aliphatic rings. The lowest BCUT2D eigenvalue weighted by molar-refractivity contribution is -0.145. The Morgan fingerprint density at radius 2 is 1.64 bits per heavy atom. The Hall–Kier alpha value is -3.21. The molecule has 0 spiro atoms. The number of rotatable bonds is 12. The van der Waals surface area contributed by atoms with Crippen LogP contribution in [0.25, 0.3) is 0 Å². The molecule has 1 saturated heterocycles. The van der Waals surface area contributed by atoms with Gasteiger partial charge in [-0.2, -0.15) is 0 Å². The van der Waals surface area contributed by atoms with Crippen LogP contribution in [0, 0.1) is 5.92 Å². The summed E-state index contributed by atoms with van der Waals surface area (Å²) in [5, 5.41) is 11.8. The second-order valence-electron chi connectivity index (χ2n) is 15.5. The number of amides is 1. The van der Waals surface area contributed by atoms with Crippen LogP contribution in [0.3, 0.4) is 0 Å². The standard InChI is InChI=1S/C40H54ClN3O5Si/c1-28(29-13-10-9-11-14-29)35(38(46)47)36-33-27-32(48-6)19-20-34(33)44(37(45)30-15-17-31(41)18-16-30)40(36,5)43-24-22-42(23-25-43)21-12-26-49-50(7,8)39(2,3)4/h9-11,13-20,27-28,35-36H,12,21-26H2,1-8H3,(H,46,47). The zero-order chi connectivity index (χ0) is 36.4. The third-order valence-electron chi connectivity index (χ3n) is 11.6. The molecule has 10 heteroatoms. The van der Waals surface area contributed by atoms with Crippen LogP contribution in [-0.2, 0) is 9.22 Å². The van der Waals surface area contributed by atoms with E-state index in [9.17, 15) is 14.7 Å². The van der Waals surface area contributed by atoms with Gasteiger partial charge in [-0.25, -0.2) is 0 Å². The number of anilines is 1. The molecule has 4 unspecified atom stereocenters. The van der Waals surface area contributed by atoms with Crippen LogP contribution < -0.4 is 9.64 Å². The molecule has 2 aliphatic heterocycles. The topological polar surface area (TPSA) is 82.6 Å². The van der Waals surface area contributed by atoms with E-state index in [0.717, 1.165) is 43.8 Å². The molecule has 4 atom stereocenters. The van der Waals surface area contributed by atoms with Crippen LogP contribution in [-0.4, -0.2) is 87.2 Å². The van der Waals surface area contributed by atoms with E-state index >= 15 is 0 Å². The van der Waals surface area contributed by atoms with Gasteiger partial charge in [0.05, 0.1) is 13.0 Å². The SMILES string of the molecule is COc1ccc2c(c1)C(C(C(=O)O)C(C)c1ccccc1)C(C)(N1CCN(CCCO[Si](C)(C)C(C)(C)C)CC1)N2C(=O)c1ccc(Cl)cc1. The summed E-state index contributed by atoms with van der Waals surface area (Å²) in [4.78, 5) is 35.0. The maximum absolute atomic E-state index is 14.8. The van der Waals surface area contributed by atoms with E-state index < -0.39 is 31.8 Å². The van der Waals surface area contributed by atoms with Crippen molar-refractivity contribution < 1.29 is 23.9 Å². The fourth-order valence-corrected chi connectivity index (χ4v) is 8.78. The third kappa shape index (κ3) is 7.53. The number of carboxylic acids is 1. The Kier molecular flexibility index (Phi) is 11.5. The van der Waals surface area contributed by atoms with E-state index in [2.05, 4.69) is 50.6 Å². The smallest absolute Gasteiger partial charge is 0.307 e. The molecule has 270 valence electrons. The molecule has 0 bridgehead atoms. The lowest BCUT2D eigenvalue weighted by Gasteiger charge is -2.52. The summed E-state index contributed by atoms with van der Waals surface area (Å²) in [5.41, 5.74) is 1.93. The van der Waals surface area contributed by atoms with Crippen molar-refractivity contribution in [3.8, 4) is 5.75 Å². The Labute approximate surface area is 304 Å². The van der Waals surface area contributed by atoms with Gasteiger partial charge >= 0.3 is 5.97 Å². The number of benzene rings is 3. The molecule has 1 amide bonds. The lowest BCUT2D eigenvalue weighted by atomic mass is 9.71. The third-order valence-corrected chi connectivity index (χ3v) is 16.3. The van der Waals surface area contributed by atoms with E-state index in [1.54, 1.807) is 31.4 Å². The Balaban J connectivity index is 1.52. The number of piperazine rings is 1. The summed E-state index contributed by atoms with van der Waals surface area (Å²) in [7, 11) is -0.198. The fourth-order valence-electron chi connectivity index (χ4n) is 7.56. The first-order valence-electron chi connectivity index (χ1n) is 17.8. The predicted molar refractivity (Wildman–Crippen MR) is 204 cm³/mol. The van der Waals surface area contributed by atoms with Gasteiger partial charge in [0, 0.05) is 61.5 Å². The number of ether oxygens (including phenoxy) is 1. The maximum atomic E-state index is 14.8. The Morgan fingerprint density at radius 3 is 2.22 bits per heavy atom. The van der Waals surface area contributed by atoms with Crippen molar-refractivity contribution in [3.05, 3.63) is 94.5 Å². The summed E-state index contributed by atoms with van der Waals surface area (Å²) in [6.45, 7) is 20.1. The van der Waals surface area contributed by atoms with E-state index in [-0.39, 0.29) is 16.9 Å². The summed E-state index contributed by atoms with van der Waals surface area (Å²) < 4.78 is 12.1. The van der Waals surface area contributed by atoms with Gasteiger partial charge in [-0.3, -0.25) is 19.4 Å². The van der Waals surface area contributed by atoms with Gasteiger partial charge in [0.1, 0.15) is 11.4 Å². The van der Waals surface area contributed by atoms with Gasteiger partial charge in [0.15, 0.2) is 8.32 Å². The summed E-state index contributed by atoms with van der Waals surface area (Å²) in [6, 6.07) is 22.4. The summed E-state index contributed by atoms with van der Waals surface area (Å²) in [5.74, 6) is -2.22. The zero-order valence-corrected chi connectivity index (χ0v) is 32.7. The first-order valence-corrected chi connectivity index (χ1v) is 21.1. The minimum atomic E-state index is -1.81. The monoisotopic (exact) mass is 719 g/mol. The van der Waals surface area contributed by atoms with Crippen molar-refractivity contribution in [1.82, 2.24) is 9.80 Å². The van der Waals surface area contributed by atoms with E-state index in [0.29, 0.717) is 35.1 Å². The van der Waals surface area contributed by atoms with Crippen LogP contribution in [0.4, 0.5) is 5.69 Å². The van der Waals surface area contributed by atoms with Gasteiger partial charge in [-0.15, -0.1) is 0 Å². The average Bonchev–Trinajstić information content (AvgIpc) is 3.34.